The third-order valence-electron chi connectivity index (χ3n) is 4.33. The van der Waals surface area contributed by atoms with Gasteiger partial charge in [-0.3, -0.25) is 0 Å². The lowest BCUT2D eigenvalue weighted by Crippen LogP contribution is -2.45. The lowest BCUT2D eigenvalue weighted by Gasteiger charge is -2.31. The van der Waals surface area contributed by atoms with Gasteiger partial charge in [-0.15, -0.1) is 0 Å². The lowest BCUT2D eigenvalue weighted by atomic mass is 10.1. The van der Waals surface area contributed by atoms with Crippen molar-refractivity contribution in [1.82, 2.24) is 20.5 Å². The van der Waals surface area contributed by atoms with Crippen LogP contribution in [0, 0.1) is 6.92 Å². The molecule has 1 fully saturated rings. The summed E-state index contributed by atoms with van der Waals surface area (Å²) in [6, 6.07) is 9.19. The van der Waals surface area contributed by atoms with Crippen LogP contribution in [0.5, 0.6) is 0 Å². The molecule has 3 N–H and O–H groups in total. The van der Waals surface area contributed by atoms with Gasteiger partial charge in [0.05, 0.1) is 12.4 Å². The fourth-order valence-electron chi connectivity index (χ4n) is 3.19. The minimum absolute atomic E-state index is 0.504. The number of nitrogens with zero attached hydrogens (tertiary/aromatic N) is 1. The molecule has 0 radical (unpaired) electrons. The predicted octanol–water partition coefficient (Wildman–Crippen LogP) is 2.72. The molecule has 0 bridgehead atoms. The van der Waals surface area contributed by atoms with Gasteiger partial charge in [0.2, 0.25) is 0 Å². The van der Waals surface area contributed by atoms with Crippen LogP contribution in [0.25, 0.3) is 10.9 Å². The maximum absolute atomic E-state index is 4.10. The Morgan fingerprint density at radius 3 is 3.09 bits per heavy atom. The SMILES string of the molecule is C=C(NCc1cc2cc(C)ccc2[nH]1)NC1CCCN(C)C1. The fraction of sp³-hybridized carbons (Fsp3) is 0.444. The first-order chi connectivity index (χ1) is 10.6. The van der Waals surface area contributed by atoms with E-state index in [0.29, 0.717) is 6.04 Å². The number of rotatable bonds is 5. The molecule has 1 aliphatic rings. The summed E-state index contributed by atoms with van der Waals surface area (Å²) in [6.45, 7) is 9.28. The van der Waals surface area contributed by atoms with Gasteiger partial charge < -0.3 is 20.5 Å². The van der Waals surface area contributed by atoms with E-state index in [4.69, 9.17) is 0 Å². The zero-order valence-electron chi connectivity index (χ0n) is 13.6. The minimum Gasteiger partial charge on any atom is -0.368 e. The number of aromatic nitrogens is 1. The second-order valence-electron chi connectivity index (χ2n) is 6.46. The number of hydrogen-bond donors (Lipinski definition) is 3. The Labute approximate surface area is 132 Å². The molecule has 118 valence electrons. The minimum atomic E-state index is 0.504. The first-order valence-electron chi connectivity index (χ1n) is 8.06. The number of fused-ring (bicyclic) bond motifs is 1. The van der Waals surface area contributed by atoms with E-state index in [1.54, 1.807) is 0 Å². The molecule has 3 rings (SSSR count). The summed E-state index contributed by atoms with van der Waals surface area (Å²) in [7, 11) is 2.18. The van der Waals surface area contributed by atoms with Gasteiger partial charge >= 0.3 is 0 Å². The molecule has 1 aromatic heterocycles. The zero-order chi connectivity index (χ0) is 15.5. The molecular formula is C18H26N4. The average Bonchev–Trinajstić information content (AvgIpc) is 2.87. The molecule has 1 aliphatic heterocycles. The molecule has 1 aromatic carbocycles. The topological polar surface area (TPSA) is 43.1 Å². The van der Waals surface area contributed by atoms with E-state index in [-0.39, 0.29) is 0 Å². The molecule has 2 aromatic rings. The number of likely N-dealkylation sites (tertiary alicyclic amines) is 1. The second kappa shape index (κ2) is 6.44. The van der Waals surface area contributed by atoms with Crippen LogP contribution in [0.2, 0.25) is 0 Å². The molecule has 0 amide bonds. The molecule has 0 spiro atoms. The predicted molar refractivity (Wildman–Crippen MR) is 92.7 cm³/mol. The van der Waals surface area contributed by atoms with Crippen LogP contribution < -0.4 is 10.6 Å². The van der Waals surface area contributed by atoms with Crippen molar-refractivity contribution in [3.63, 3.8) is 0 Å². The molecule has 1 atom stereocenters. The maximum Gasteiger partial charge on any atom is 0.0918 e. The van der Waals surface area contributed by atoms with Gasteiger partial charge in [0.15, 0.2) is 0 Å². The molecular weight excluding hydrogens is 272 g/mol. The number of hydrogen-bond acceptors (Lipinski definition) is 3. The second-order valence-corrected chi connectivity index (χ2v) is 6.46. The molecule has 0 aliphatic carbocycles. The highest BCUT2D eigenvalue weighted by Crippen LogP contribution is 2.17. The zero-order valence-corrected chi connectivity index (χ0v) is 13.6. The van der Waals surface area contributed by atoms with Gasteiger partial charge in [-0.05, 0) is 56.9 Å². The normalized spacial score (nSPS) is 19.3. The smallest absolute Gasteiger partial charge is 0.0918 e. The first-order valence-corrected chi connectivity index (χ1v) is 8.06. The highest BCUT2D eigenvalue weighted by molar-refractivity contribution is 5.81. The van der Waals surface area contributed by atoms with Crippen LogP contribution in [0.4, 0.5) is 0 Å². The van der Waals surface area contributed by atoms with E-state index in [0.717, 1.165) is 18.9 Å². The van der Waals surface area contributed by atoms with Crippen molar-refractivity contribution in [1.29, 1.82) is 0 Å². The number of likely N-dealkylation sites (N-methyl/N-ethyl adjacent to an activating group) is 1. The van der Waals surface area contributed by atoms with E-state index < -0.39 is 0 Å². The number of aryl methyl sites for hydroxylation is 1. The van der Waals surface area contributed by atoms with Gasteiger partial charge in [-0.25, -0.2) is 0 Å². The third-order valence-corrected chi connectivity index (χ3v) is 4.33. The maximum atomic E-state index is 4.10. The van der Waals surface area contributed by atoms with Crippen LogP contribution in [0.1, 0.15) is 24.1 Å². The van der Waals surface area contributed by atoms with Gasteiger partial charge in [-0.1, -0.05) is 18.2 Å². The Balaban J connectivity index is 1.53. The Hall–Kier alpha value is -1.94. The summed E-state index contributed by atoms with van der Waals surface area (Å²) in [5.41, 5.74) is 3.66. The van der Waals surface area contributed by atoms with Crippen LogP contribution in [0.3, 0.4) is 0 Å². The van der Waals surface area contributed by atoms with Gasteiger partial charge in [0.1, 0.15) is 0 Å². The highest BCUT2D eigenvalue weighted by Gasteiger charge is 2.16. The quantitative estimate of drug-likeness (QED) is 0.795. The molecule has 4 heteroatoms. The molecule has 4 nitrogen and oxygen atoms in total. The van der Waals surface area contributed by atoms with Crippen LogP contribution >= 0.6 is 0 Å². The summed E-state index contributed by atoms with van der Waals surface area (Å²) in [4.78, 5) is 5.82. The third kappa shape index (κ3) is 3.63. The standard InChI is InChI=1S/C18H26N4/c1-13-6-7-18-15(9-13)10-17(21-18)11-19-14(2)20-16-5-4-8-22(3)12-16/h6-7,9-10,16,19-21H,2,4-5,8,11-12H2,1,3H3. The van der Waals surface area contributed by atoms with E-state index in [1.807, 2.05) is 0 Å². The number of nitrogens with one attached hydrogen (secondary N) is 3. The van der Waals surface area contributed by atoms with E-state index >= 15 is 0 Å². The fourth-order valence-corrected chi connectivity index (χ4v) is 3.19. The van der Waals surface area contributed by atoms with E-state index in [9.17, 15) is 0 Å². The van der Waals surface area contributed by atoms with Crippen LogP contribution in [-0.2, 0) is 6.54 Å². The monoisotopic (exact) mass is 298 g/mol. The van der Waals surface area contributed by atoms with Crippen molar-refractivity contribution in [3.05, 3.63) is 47.9 Å². The van der Waals surface area contributed by atoms with Crippen molar-refractivity contribution in [2.75, 3.05) is 20.1 Å². The van der Waals surface area contributed by atoms with Crippen molar-refractivity contribution in [2.24, 2.45) is 0 Å². The molecule has 0 saturated carbocycles. The van der Waals surface area contributed by atoms with E-state index in [2.05, 4.69) is 65.3 Å². The summed E-state index contributed by atoms with van der Waals surface area (Å²) < 4.78 is 0. The Morgan fingerprint density at radius 2 is 2.27 bits per heavy atom. The van der Waals surface area contributed by atoms with Crippen molar-refractivity contribution in [3.8, 4) is 0 Å². The van der Waals surface area contributed by atoms with Crippen molar-refractivity contribution < 1.29 is 0 Å². The summed E-state index contributed by atoms with van der Waals surface area (Å²) in [5, 5.41) is 8.15. The summed E-state index contributed by atoms with van der Waals surface area (Å²) >= 11 is 0. The molecule has 1 unspecified atom stereocenters. The largest absolute Gasteiger partial charge is 0.368 e. The number of H-pyrrole nitrogens is 1. The number of aromatic amines is 1. The number of benzene rings is 1. The summed E-state index contributed by atoms with van der Waals surface area (Å²) in [5.74, 6) is 0.912. The highest BCUT2D eigenvalue weighted by atomic mass is 15.2. The van der Waals surface area contributed by atoms with Crippen LogP contribution in [-0.4, -0.2) is 36.1 Å². The van der Waals surface area contributed by atoms with E-state index in [1.165, 1.54) is 41.5 Å². The lowest BCUT2D eigenvalue weighted by molar-refractivity contribution is 0.233. The molecule has 22 heavy (non-hydrogen) atoms. The van der Waals surface area contributed by atoms with Gasteiger partial charge in [0, 0.05) is 23.8 Å². The Kier molecular flexibility index (Phi) is 4.39. The Bertz CT molecular complexity index is 658. The summed E-state index contributed by atoms with van der Waals surface area (Å²) in [6.07, 6.45) is 2.47. The first kappa shape index (κ1) is 15.0. The molecule has 2 heterocycles. The van der Waals surface area contributed by atoms with Crippen molar-refractivity contribution >= 4 is 10.9 Å². The number of piperidine rings is 1. The van der Waals surface area contributed by atoms with Gasteiger partial charge in [-0.2, -0.15) is 0 Å². The average molecular weight is 298 g/mol. The Morgan fingerprint density at radius 1 is 1.41 bits per heavy atom. The molecule has 1 saturated heterocycles. The van der Waals surface area contributed by atoms with Crippen molar-refractivity contribution in [2.45, 2.75) is 32.4 Å². The van der Waals surface area contributed by atoms with Crippen LogP contribution in [0.15, 0.2) is 36.7 Å². The van der Waals surface area contributed by atoms with Gasteiger partial charge in [0.25, 0.3) is 0 Å².